The molecule has 0 aromatic heterocycles. The second kappa shape index (κ2) is 8.51. The van der Waals surface area contributed by atoms with Crippen molar-refractivity contribution < 1.29 is 4.79 Å². The zero-order valence-electron chi connectivity index (χ0n) is 14.6. The number of hydrogen-bond acceptors (Lipinski definition) is 3. The zero-order chi connectivity index (χ0) is 18.0. The van der Waals surface area contributed by atoms with Crippen LogP contribution in [-0.4, -0.2) is 53.2 Å². The number of halogens is 2. The topological polar surface area (TPSA) is 23.6 Å². The van der Waals surface area contributed by atoms with Gasteiger partial charge in [-0.15, -0.1) is 0 Å². The molecule has 0 bridgehead atoms. The molecule has 6 heteroatoms. The molecule has 1 amide bonds. The smallest absolute Gasteiger partial charge is 0.227 e. The molecule has 3 atom stereocenters. The maximum Gasteiger partial charge on any atom is 0.227 e. The second-order valence-electron chi connectivity index (χ2n) is 7.27. The van der Waals surface area contributed by atoms with Gasteiger partial charge in [-0.1, -0.05) is 29.3 Å². The van der Waals surface area contributed by atoms with E-state index in [4.69, 9.17) is 35.8 Å². The van der Waals surface area contributed by atoms with Gasteiger partial charge in [0, 0.05) is 24.4 Å². The minimum Gasteiger partial charge on any atom is -0.341 e. The number of benzene rings is 1. The quantitative estimate of drug-likeness (QED) is 0.761. The standard InChI is InChI=1S/C19H26Cl2N2OS/c1-22(19(24)11-13-4-6-15(20)16(21)10-13)17-7-5-14(25)12-18(17)23-8-2-3-9-23/h4,6,10,14,17-18,25H,2-3,5,7-9,11-12H2,1H3. The molecule has 1 saturated carbocycles. The molecular weight excluding hydrogens is 375 g/mol. The van der Waals surface area contributed by atoms with Gasteiger partial charge in [0.15, 0.2) is 0 Å². The van der Waals surface area contributed by atoms with Gasteiger partial charge >= 0.3 is 0 Å². The van der Waals surface area contributed by atoms with Crippen LogP contribution in [0.4, 0.5) is 0 Å². The maximum atomic E-state index is 12.9. The van der Waals surface area contributed by atoms with Gasteiger partial charge in [-0.05, 0) is 62.9 Å². The predicted molar refractivity (Wildman–Crippen MR) is 108 cm³/mol. The molecular formula is C19H26Cl2N2OS. The number of hydrogen-bond donors (Lipinski definition) is 1. The van der Waals surface area contributed by atoms with Crippen molar-refractivity contribution in [1.82, 2.24) is 9.80 Å². The molecule has 3 unspecified atom stereocenters. The van der Waals surface area contributed by atoms with Gasteiger partial charge in [-0.2, -0.15) is 12.6 Å². The van der Waals surface area contributed by atoms with E-state index in [9.17, 15) is 4.79 Å². The molecule has 0 spiro atoms. The third-order valence-corrected chi connectivity index (χ3v) is 6.80. The summed E-state index contributed by atoms with van der Waals surface area (Å²) in [6, 6.07) is 6.13. The summed E-state index contributed by atoms with van der Waals surface area (Å²) in [5.41, 5.74) is 0.909. The van der Waals surface area contributed by atoms with E-state index in [2.05, 4.69) is 4.90 Å². The van der Waals surface area contributed by atoms with E-state index < -0.39 is 0 Å². The average molecular weight is 401 g/mol. The molecule has 25 heavy (non-hydrogen) atoms. The van der Waals surface area contributed by atoms with Crippen LogP contribution in [0.15, 0.2) is 18.2 Å². The molecule has 0 radical (unpaired) electrons. The Labute approximate surface area is 166 Å². The van der Waals surface area contributed by atoms with Crippen molar-refractivity contribution >= 4 is 41.7 Å². The SMILES string of the molecule is CN(C(=O)Cc1ccc(Cl)c(Cl)c1)C1CCC(S)CC1N1CCCC1. The van der Waals surface area contributed by atoms with Crippen molar-refractivity contribution in [1.29, 1.82) is 0 Å². The predicted octanol–water partition coefficient (Wildman–Crippen LogP) is 4.31. The fourth-order valence-corrected chi connectivity index (χ4v) is 4.85. The van der Waals surface area contributed by atoms with Gasteiger partial charge in [0.25, 0.3) is 0 Å². The summed E-state index contributed by atoms with van der Waals surface area (Å²) < 4.78 is 0. The number of carbonyl (C=O) groups is 1. The van der Waals surface area contributed by atoms with Crippen LogP contribution in [-0.2, 0) is 11.2 Å². The van der Waals surface area contributed by atoms with Crippen molar-refractivity contribution in [2.75, 3.05) is 20.1 Å². The van der Waals surface area contributed by atoms with Crippen LogP contribution in [0, 0.1) is 0 Å². The van der Waals surface area contributed by atoms with Gasteiger partial charge in [0.05, 0.1) is 16.5 Å². The third kappa shape index (κ3) is 4.65. The van der Waals surface area contributed by atoms with Gasteiger partial charge in [-0.25, -0.2) is 0 Å². The fraction of sp³-hybridized carbons (Fsp3) is 0.632. The summed E-state index contributed by atoms with van der Waals surface area (Å²) in [6.07, 6.45) is 6.06. The lowest BCUT2D eigenvalue weighted by Gasteiger charge is -2.44. The first-order chi connectivity index (χ1) is 12.0. The molecule has 1 aromatic rings. The van der Waals surface area contributed by atoms with Crippen LogP contribution >= 0.6 is 35.8 Å². The first kappa shape index (κ1) is 19.3. The van der Waals surface area contributed by atoms with Crippen molar-refractivity contribution in [3.8, 4) is 0 Å². The second-order valence-corrected chi connectivity index (χ2v) is 8.82. The van der Waals surface area contributed by atoms with Crippen LogP contribution in [0.5, 0.6) is 0 Å². The van der Waals surface area contributed by atoms with E-state index in [0.29, 0.717) is 27.8 Å². The third-order valence-electron chi connectivity index (χ3n) is 5.59. The minimum atomic E-state index is 0.144. The van der Waals surface area contributed by atoms with Crippen LogP contribution in [0.2, 0.25) is 10.0 Å². The Balaban J connectivity index is 1.69. The lowest BCUT2D eigenvalue weighted by Crippen LogP contribution is -2.55. The number of thiol groups is 1. The Morgan fingerprint density at radius 2 is 1.96 bits per heavy atom. The summed E-state index contributed by atoms with van der Waals surface area (Å²) in [4.78, 5) is 17.4. The molecule has 1 saturated heterocycles. The molecule has 1 aliphatic heterocycles. The Bertz CT molecular complexity index is 621. The Hall–Kier alpha value is -0.420. The van der Waals surface area contributed by atoms with Crippen molar-refractivity contribution in [3.05, 3.63) is 33.8 Å². The summed E-state index contributed by atoms with van der Waals surface area (Å²) in [5, 5.41) is 1.47. The van der Waals surface area contributed by atoms with E-state index in [1.165, 1.54) is 12.8 Å². The van der Waals surface area contributed by atoms with Crippen LogP contribution < -0.4 is 0 Å². The number of amides is 1. The van der Waals surface area contributed by atoms with E-state index in [-0.39, 0.29) is 11.9 Å². The number of carbonyl (C=O) groups excluding carboxylic acids is 1. The molecule has 138 valence electrons. The van der Waals surface area contributed by atoms with E-state index in [1.54, 1.807) is 12.1 Å². The molecule has 3 rings (SSSR count). The Kier molecular flexibility index (Phi) is 6.59. The number of likely N-dealkylation sites (N-methyl/N-ethyl adjacent to an activating group) is 1. The lowest BCUT2D eigenvalue weighted by atomic mass is 9.87. The Morgan fingerprint density at radius 3 is 2.64 bits per heavy atom. The summed E-state index contributed by atoms with van der Waals surface area (Å²) in [5.74, 6) is 0.144. The van der Waals surface area contributed by atoms with Crippen molar-refractivity contribution in [3.63, 3.8) is 0 Å². The number of nitrogens with zero attached hydrogens (tertiary/aromatic N) is 2. The van der Waals surface area contributed by atoms with Crippen molar-refractivity contribution in [2.24, 2.45) is 0 Å². The lowest BCUT2D eigenvalue weighted by molar-refractivity contribution is -0.133. The molecule has 1 aliphatic carbocycles. The first-order valence-electron chi connectivity index (χ1n) is 9.07. The maximum absolute atomic E-state index is 12.9. The summed E-state index contributed by atoms with van der Waals surface area (Å²) in [7, 11) is 1.95. The summed E-state index contributed by atoms with van der Waals surface area (Å²) >= 11 is 16.8. The monoisotopic (exact) mass is 400 g/mol. The molecule has 2 fully saturated rings. The van der Waals surface area contributed by atoms with Gasteiger partial charge in [0.1, 0.15) is 0 Å². The van der Waals surface area contributed by atoms with Gasteiger partial charge < -0.3 is 4.90 Å². The molecule has 3 nitrogen and oxygen atoms in total. The number of rotatable bonds is 4. The van der Waals surface area contributed by atoms with Crippen LogP contribution in [0.1, 0.15) is 37.7 Å². The van der Waals surface area contributed by atoms with E-state index in [0.717, 1.165) is 37.9 Å². The van der Waals surface area contributed by atoms with Gasteiger partial charge in [-0.3, -0.25) is 9.69 Å². The Morgan fingerprint density at radius 1 is 1.24 bits per heavy atom. The minimum absolute atomic E-state index is 0.144. The van der Waals surface area contributed by atoms with Crippen LogP contribution in [0.3, 0.4) is 0 Å². The highest BCUT2D eigenvalue weighted by atomic mass is 35.5. The molecule has 0 N–H and O–H groups in total. The fourth-order valence-electron chi connectivity index (χ4n) is 4.16. The highest BCUT2D eigenvalue weighted by molar-refractivity contribution is 7.80. The summed E-state index contributed by atoms with van der Waals surface area (Å²) in [6.45, 7) is 2.30. The van der Waals surface area contributed by atoms with E-state index >= 15 is 0 Å². The van der Waals surface area contributed by atoms with E-state index in [1.807, 2.05) is 18.0 Å². The average Bonchev–Trinajstić information content (AvgIpc) is 3.12. The molecule has 2 aliphatic rings. The highest BCUT2D eigenvalue weighted by Gasteiger charge is 2.37. The molecule has 1 heterocycles. The normalized spacial score (nSPS) is 27.4. The van der Waals surface area contributed by atoms with Gasteiger partial charge in [0.2, 0.25) is 5.91 Å². The van der Waals surface area contributed by atoms with Crippen LogP contribution in [0.25, 0.3) is 0 Å². The number of likely N-dealkylation sites (tertiary alicyclic amines) is 1. The largest absolute Gasteiger partial charge is 0.341 e. The molecule has 1 aromatic carbocycles. The first-order valence-corrected chi connectivity index (χ1v) is 10.3. The zero-order valence-corrected chi connectivity index (χ0v) is 17.0. The highest BCUT2D eigenvalue weighted by Crippen LogP contribution is 2.32. The van der Waals surface area contributed by atoms with Crippen molar-refractivity contribution in [2.45, 2.75) is 55.9 Å².